The van der Waals surface area contributed by atoms with E-state index in [-0.39, 0.29) is 11.9 Å². The molecule has 0 spiro atoms. The molecule has 1 unspecified atom stereocenters. The van der Waals surface area contributed by atoms with Gasteiger partial charge in [-0.1, -0.05) is 17.7 Å². The summed E-state index contributed by atoms with van der Waals surface area (Å²) in [5.41, 5.74) is 10.0. The highest BCUT2D eigenvalue weighted by Crippen LogP contribution is 2.23. The summed E-state index contributed by atoms with van der Waals surface area (Å²) in [7, 11) is 0. The molecule has 1 fully saturated rings. The Hall–Kier alpha value is -1.35. The smallest absolute Gasteiger partial charge is 0.254 e. The van der Waals surface area contributed by atoms with Gasteiger partial charge in [-0.25, -0.2) is 0 Å². The van der Waals surface area contributed by atoms with Gasteiger partial charge in [0.05, 0.1) is 0 Å². The van der Waals surface area contributed by atoms with Crippen molar-refractivity contribution in [1.29, 1.82) is 0 Å². The van der Waals surface area contributed by atoms with E-state index in [0.717, 1.165) is 36.1 Å². The highest BCUT2D eigenvalue weighted by atomic mass is 16.2. The Morgan fingerprint density at radius 1 is 1.26 bits per heavy atom. The number of piperidine rings is 1. The van der Waals surface area contributed by atoms with E-state index in [1.165, 1.54) is 12.0 Å². The van der Waals surface area contributed by atoms with Crippen LogP contribution in [0.4, 0.5) is 0 Å². The number of carbonyl (C=O) groups is 1. The molecule has 1 amide bonds. The lowest BCUT2D eigenvalue weighted by molar-refractivity contribution is 0.0622. The van der Waals surface area contributed by atoms with Gasteiger partial charge in [-0.2, -0.15) is 0 Å². The van der Waals surface area contributed by atoms with Gasteiger partial charge in [0.1, 0.15) is 0 Å². The first-order valence-corrected chi connectivity index (χ1v) is 7.13. The molecular formula is C16H24N2O. The molecule has 1 heterocycles. The summed E-state index contributed by atoms with van der Waals surface area (Å²) in [6, 6.07) is 4.38. The van der Waals surface area contributed by atoms with Crippen molar-refractivity contribution in [3.63, 3.8) is 0 Å². The third-order valence-electron chi connectivity index (χ3n) is 4.05. The number of hydrogen-bond donors (Lipinski definition) is 1. The first kappa shape index (κ1) is 14.1. The van der Waals surface area contributed by atoms with Crippen LogP contribution < -0.4 is 5.73 Å². The Morgan fingerprint density at radius 3 is 2.47 bits per heavy atom. The van der Waals surface area contributed by atoms with Crippen LogP contribution >= 0.6 is 0 Å². The van der Waals surface area contributed by atoms with Gasteiger partial charge in [-0.15, -0.1) is 0 Å². The van der Waals surface area contributed by atoms with Crippen LogP contribution in [-0.2, 0) is 0 Å². The van der Waals surface area contributed by atoms with Crippen LogP contribution in [0.25, 0.3) is 0 Å². The zero-order valence-electron chi connectivity index (χ0n) is 12.2. The lowest BCUT2D eigenvalue weighted by atomic mass is 9.95. The molecule has 19 heavy (non-hydrogen) atoms. The lowest BCUT2D eigenvalue weighted by Gasteiger charge is -2.35. The van der Waals surface area contributed by atoms with Crippen LogP contribution in [0.5, 0.6) is 0 Å². The first-order valence-electron chi connectivity index (χ1n) is 7.13. The van der Waals surface area contributed by atoms with Crippen molar-refractivity contribution in [2.45, 2.75) is 46.1 Å². The molecule has 3 nitrogen and oxygen atoms in total. The molecule has 0 saturated carbocycles. The minimum absolute atomic E-state index is 0.158. The summed E-state index contributed by atoms with van der Waals surface area (Å²) in [6.07, 6.45) is 3.30. The quantitative estimate of drug-likeness (QED) is 0.888. The maximum atomic E-state index is 12.8. The van der Waals surface area contributed by atoms with E-state index in [1.54, 1.807) is 0 Å². The maximum absolute atomic E-state index is 12.8. The molecule has 2 N–H and O–H groups in total. The predicted octanol–water partition coefficient (Wildman–Crippen LogP) is 2.57. The normalized spacial score (nSPS) is 19.6. The van der Waals surface area contributed by atoms with Crippen LogP contribution in [0.1, 0.15) is 46.3 Å². The first-order chi connectivity index (χ1) is 9.04. The van der Waals surface area contributed by atoms with Gasteiger partial charge in [0.15, 0.2) is 0 Å². The molecule has 1 atom stereocenters. The number of hydrogen-bond acceptors (Lipinski definition) is 2. The molecule has 1 saturated heterocycles. The van der Waals surface area contributed by atoms with Crippen molar-refractivity contribution >= 4 is 5.91 Å². The Morgan fingerprint density at radius 2 is 1.89 bits per heavy atom. The zero-order chi connectivity index (χ0) is 14.0. The summed E-state index contributed by atoms with van der Waals surface area (Å²) in [5.74, 6) is 0.158. The molecule has 1 aromatic rings. The van der Waals surface area contributed by atoms with E-state index in [0.29, 0.717) is 6.54 Å². The van der Waals surface area contributed by atoms with E-state index in [2.05, 4.69) is 19.1 Å². The van der Waals surface area contributed by atoms with Gasteiger partial charge in [0.25, 0.3) is 5.91 Å². The Balaban J connectivity index is 2.33. The SMILES string of the molecule is Cc1cc(C)c(C(=O)N2CCCCC2CN)c(C)c1. The predicted molar refractivity (Wildman–Crippen MR) is 78.4 cm³/mol. The van der Waals surface area contributed by atoms with E-state index in [4.69, 9.17) is 5.73 Å². The maximum Gasteiger partial charge on any atom is 0.254 e. The molecule has 0 bridgehead atoms. The van der Waals surface area contributed by atoms with Crippen LogP contribution in [0.15, 0.2) is 12.1 Å². The van der Waals surface area contributed by atoms with Crippen LogP contribution in [0, 0.1) is 20.8 Å². The van der Waals surface area contributed by atoms with Crippen LogP contribution in [0.3, 0.4) is 0 Å². The second-order valence-electron chi connectivity index (χ2n) is 5.66. The van der Waals surface area contributed by atoms with E-state index < -0.39 is 0 Å². The zero-order valence-corrected chi connectivity index (χ0v) is 12.2. The third kappa shape index (κ3) is 2.81. The minimum atomic E-state index is 0.158. The number of nitrogens with two attached hydrogens (primary N) is 1. The number of amides is 1. The van der Waals surface area contributed by atoms with Crippen molar-refractivity contribution in [3.8, 4) is 0 Å². The number of rotatable bonds is 2. The Labute approximate surface area is 115 Å². The summed E-state index contributed by atoms with van der Waals surface area (Å²) in [4.78, 5) is 14.8. The summed E-state index contributed by atoms with van der Waals surface area (Å²) < 4.78 is 0. The summed E-state index contributed by atoms with van der Waals surface area (Å²) >= 11 is 0. The minimum Gasteiger partial charge on any atom is -0.334 e. The number of likely N-dealkylation sites (tertiary alicyclic amines) is 1. The van der Waals surface area contributed by atoms with Gasteiger partial charge in [-0.3, -0.25) is 4.79 Å². The number of benzene rings is 1. The highest BCUT2D eigenvalue weighted by Gasteiger charge is 2.28. The molecule has 0 aliphatic carbocycles. The van der Waals surface area contributed by atoms with Crippen LogP contribution in [-0.4, -0.2) is 29.9 Å². The monoisotopic (exact) mass is 260 g/mol. The van der Waals surface area contributed by atoms with Gasteiger partial charge in [0.2, 0.25) is 0 Å². The second kappa shape index (κ2) is 5.74. The molecule has 0 radical (unpaired) electrons. The second-order valence-corrected chi connectivity index (χ2v) is 5.66. The molecular weight excluding hydrogens is 236 g/mol. The summed E-state index contributed by atoms with van der Waals surface area (Å²) in [6.45, 7) is 7.52. The number of carbonyl (C=O) groups excluding carboxylic acids is 1. The number of aryl methyl sites for hydroxylation is 3. The Bertz CT molecular complexity index is 459. The summed E-state index contributed by atoms with van der Waals surface area (Å²) in [5, 5.41) is 0. The van der Waals surface area contributed by atoms with Crippen molar-refractivity contribution in [2.24, 2.45) is 5.73 Å². The standard InChI is InChI=1S/C16H24N2O/c1-11-8-12(2)15(13(3)9-11)16(19)18-7-5-4-6-14(18)10-17/h8-9,14H,4-7,10,17H2,1-3H3. The fourth-order valence-corrected chi connectivity index (χ4v) is 3.17. The highest BCUT2D eigenvalue weighted by molar-refractivity contribution is 5.97. The van der Waals surface area contributed by atoms with Gasteiger partial charge in [0, 0.05) is 24.7 Å². The van der Waals surface area contributed by atoms with Crippen molar-refractivity contribution in [2.75, 3.05) is 13.1 Å². The van der Waals surface area contributed by atoms with E-state index >= 15 is 0 Å². The third-order valence-corrected chi connectivity index (χ3v) is 4.05. The molecule has 1 aliphatic heterocycles. The van der Waals surface area contributed by atoms with E-state index in [9.17, 15) is 4.79 Å². The Kier molecular flexibility index (Phi) is 4.25. The fraction of sp³-hybridized carbons (Fsp3) is 0.562. The van der Waals surface area contributed by atoms with Crippen molar-refractivity contribution in [1.82, 2.24) is 4.90 Å². The lowest BCUT2D eigenvalue weighted by Crippen LogP contribution is -2.47. The molecule has 3 heteroatoms. The van der Waals surface area contributed by atoms with Gasteiger partial charge < -0.3 is 10.6 Å². The van der Waals surface area contributed by atoms with Gasteiger partial charge in [-0.05, 0) is 51.2 Å². The average Bonchev–Trinajstić information content (AvgIpc) is 2.37. The van der Waals surface area contributed by atoms with Crippen LogP contribution in [0.2, 0.25) is 0 Å². The van der Waals surface area contributed by atoms with Gasteiger partial charge >= 0.3 is 0 Å². The molecule has 104 valence electrons. The largest absolute Gasteiger partial charge is 0.334 e. The van der Waals surface area contributed by atoms with Crippen molar-refractivity contribution < 1.29 is 4.79 Å². The molecule has 1 aromatic carbocycles. The van der Waals surface area contributed by atoms with E-state index in [1.807, 2.05) is 18.7 Å². The topological polar surface area (TPSA) is 46.3 Å². The fourth-order valence-electron chi connectivity index (χ4n) is 3.17. The molecule has 1 aliphatic rings. The average molecular weight is 260 g/mol. The molecule has 0 aromatic heterocycles. The molecule has 2 rings (SSSR count). The van der Waals surface area contributed by atoms with Crippen molar-refractivity contribution in [3.05, 3.63) is 34.4 Å². The number of nitrogens with zero attached hydrogens (tertiary/aromatic N) is 1.